The van der Waals surface area contributed by atoms with Gasteiger partial charge in [0, 0.05) is 10.7 Å². The Bertz CT molecular complexity index is 1080. The second-order valence-electron chi connectivity index (χ2n) is 7.83. The molecule has 7 heteroatoms. The Morgan fingerprint density at radius 2 is 1.72 bits per heavy atom. The lowest BCUT2D eigenvalue weighted by atomic mass is 9.70. The smallest absolute Gasteiger partial charge is 0.387 e. The molecule has 4 rings (SSSR count). The van der Waals surface area contributed by atoms with Crippen LogP contribution in [0.2, 0.25) is 5.02 Å². The third-order valence-electron chi connectivity index (χ3n) is 5.94. The molecule has 0 unspecified atom stereocenters. The summed E-state index contributed by atoms with van der Waals surface area (Å²) in [5, 5.41) is 10.3. The Hall–Kier alpha value is -3.12. The summed E-state index contributed by atoms with van der Waals surface area (Å²) in [6.45, 7) is -3.11. The predicted molar refractivity (Wildman–Crippen MR) is 120 cm³/mol. The maximum absolute atomic E-state index is 12.5. The van der Waals surface area contributed by atoms with Gasteiger partial charge in [0.2, 0.25) is 0 Å². The molecule has 4 nitrogen and oxygen atoms in total. The molecule has 1 aliphatic rings. The second kappa shape index (κ2) is 9.17. The fraction of sp³-hybridized carbons (Fsp3) is 0.240. The van der Waals surface area contributed by atoms with E-state index in [-0.39, 0.29) is 12.3 Å². The number of alkyl halides is 2. The van der Waals surface area contributed by atoms with Gasteiger partial charge in [-0.25, -0.2) is 0 Å². The molecule has 1 saturated carbocycles. The zero-order chi connectivity index (χ0) is 22.7. The molecule has 1 N–H and O–H groups in total. The molecule has 3 aromatic rings. The Balaban J connectivity index is 1.67. The minimum Gasteiger partial charge on any atom is -0.480 e. The van der Waals surface area contributed by atoms with E-state index >= 15 is 0 Å². The van der Waals surface area contributed by atoms with E-state index in [1.54, 1.807) is 12.1 Å². The molecule has 0 bridgehead atoms. The third-order valence-corrected chi connectivity index (χ3v) is 6.18. The third kappa shape index (κ3) is 4.55. The molecule has 0 aliphatic heterocycles. The minimum absolute atomic E-state index is 0.0348. The highest BCUT2D eigenvalue weighted by Gasteiger charge is 2.45. The Kier molecular flexibility index (Phi) is 6.33. The van der Waals surface area contributed by atoms with Gasteiger partial charge < -0.3 is 14.7 Å². The van der Waals surface area contributed by atoms with Crippen LogP contribution in [0.1, 0.15) is 24.8 Å². The first-order valence-electron chi connectivity index (χ1n) is 10.3. The average molecular weight is 458 g/mol. The van der Waals surface area contributed by atoms with Crippen molar-refractivity contribution in [3.05, 3.63) is 83.4 Å². The number of benzene rings is 3. The van der Waals surface area contributed by atoms with Gasteiger partial charge in [0.25, 0.3) is 0 Å². The number of ether oxygens (including phenoxy) is 1. The zero-order valence-corrected chi connectivity index (χ0v) is 17.9. The van der Waals surface area contributed by atoms with E-state index in [9.17, 15) is 18.7 Å². The van der Waals surface area contributed by atoms with E-state index in [0.29, 0.717) is 10.7 Å². The molecule has 0 amide bonds. The molecular formula is C25H22ClF2NO3. The molecule has 32 heavy (non-hydrogen) atoms. The molecule has 0 atom stereocenters. The molecule has 3 aromatic carbocycles. The molecule has 0 spiro atoms. The fourth-order valence-corrected chi connectivity index (χ4v) is 4.49. The van der Waals surface area contributed by atoms with Crippen LogP contribution < -0.4 is 9.64 Å². The highest BCUT2D eigenvalue weighted by atomic mass is 35.5. The summed E-state index contributed by atoms with van der Waals surface area (Å²) < 4.78 is 29.4. The first kappa shape index (κ1) is 22.1. The van der Waals surface area contributed by atoms with Crippen molar-refractivity contribution in [2.24, 2.45) is 0 Å². The minimum atomic E-state index is -2.91. The van der Waals surface area contributed by atoms with Crippen molar-refractivity contribution in [2.45, 2.75) is 31.4 Å². The predicted octanol–water partition coefficient (Wildman–Crippen LogP) is 6.58. The molecule has 0 saturated heterocycles. The summed E-state index contributed by atoms with van der Waals surface area (Å²) in [4.78, 5) is 13.6. The monoisotopic (exact) mass is 457 g/mol. The Morgan fingerprint density at radius 1 is 1.03 bits per heavy atom. The lowest BCUT2D eigenvalue weighted by molar-refractivity contribution is -0.135. The molecule has 0 heterocycles. The molecule has 1 fully saturated rings. The fourth-order valence-electron chi connectivity index (χ4n) is 4.30. The van der Waals surface area contributed by atoms with E-state index in [2.05, 4.69) is 4.74 Å². The number of hydrogen-bond donors (Lipinski definition) is 1. The number of hydrogen-bond acceptors (Lipinski definition) is 3. The van der Waals surface area contributed by atoms with Gasteiger partial charge in [-0.15, -0.1) is 0 Å². The van der Waals surface area contributed by atoms with Gasteiger partial charge in [-0.05, 0) is 72.4 Å². The number of rotatable bonds is 8. The Morgan fingerprint density at radius 3 is 2.25 bits per heavy atom. The number of aliphatic carboxylic acids is 1. The number of nitrogens with zero attached hydrogens (tertiary/aromatic N) is 1. The largest absolute Gasteiger partial charge is 0.480 e. The van der Waals surface area contributed by atoms with E-state index in [0.717, 1.165) is 36.0 Å². The highest BCUT2D eigenvalue weighted by molar-refractivity contribution is 6.30. The van der Waals surface area contributed by atoms with E-state index in [4.69, 9.17) is 11.6 Å². The summed E-state index contributed by atoms with van der Waals surface area (Å²) in [6, 6.07) is 21.8. The standard InChI is InChI=1S/C25H22ClF2NO3/c26-20-4-1-3-18(15-20)17-5-7-19(8-6-17)25(13-2-14-25)29(16-23(30)31)21-9-11-22(12-10-21)32-24(27)28/h1,3-12,15,24H,2,13-14,16H2,(H,30,31). The number of carboxylic acids is 1. The number of carbonyl (C=O) groups is 1. The van der Waals surface area contributed by atoms with Crippen LogP contribution in [0.3, 0.4) is 0 Å². The van der Waals surface area contributed by atoms with Gasteiger partial charge in [0.1, 0.15) is 12.3 Å². The lowest BCUT2D eigenvalue weighted by Crippen LogP contribution is -2.53. The van der Waals surface area contributed by atoms with Crippen molar-refractivity contribution in [3.8, 4) is 16.9 Å². The van der Waals surface area contributed by atoms with Gasteiger partial charge in [-0.1, -0.05) is 48.0 Å². The summed E-state index contributed by atoms with van der Waals surface area (Å²) in [5.74, 6) is -0.924. The molecule has 0 radical (unpaired) electrons. The quantitative estimate of drug-likeness (QED) is 0.415. The van der Waals surface area contributed by atoms with Crippen LogP contribution >= 0.6 is 11.6 Å². The number of carboxylic acid groups (broad SMARTS) is 1. The highest BCUT2D eigenvalue weighted by Crippen LogP contribution is 2.48. The molecule has 1 aliphatic carbocycles. The maximum Gasteiger partial charge on any atom is 0.387 e. The molecular weight excluding hydrogens is 436 g/mol. The summed E-state index contributed by atoms with van der Waals surface area (Å²) >= 11 is 6.11. The van der Waals surface area contributed by atoms with Gasteiger partial charge in [-0.3, -0.25) is 4.79 Å². The molecule has 0 aromatic heterocycles. The van der Waals surface area contributed by atoms with Crippen LogP contribution in [0.25, 0.3) is 11.1 Å². The average Bonchev–Trinajstić information content (AvgIpc) is 2.73. The lowest BCUT2D eigenvalue weighted by Gasteiger charge is -2.51. The van der Waals surface area contributed by atoms with Crippen LogP contribution in [0.5, 0.6) is 5.75 Å². The number of anilines is 1. The van der Waals surface area contributed by atoms with Crippen LogP contribution in [0.15, 0.2) is 72.8 Å². The van der Waals surface area contributed by atoms with Crippen molar-refractivity contribution in [1.82, 2.24) is 0 Å². The summed E-state index contributed by atoms with van der Waals surface area (Å²) in [7, 11) is 0. The van der Waals surface area contributed by atoms with Crippen molar-refractivity contribution in [2.75, 3.05) is 11.4 Å². The van der Waals surface area contributed by atoms with Crippen LogP contribution in [0.4, 0.5) is 14.5 Å². The van der Waals surface area contributed by atoms with Crippen molar-refractivity contribution in [1.29, 1.82) is 0 Å². The first-order valence-corrected chi connectivity index (χ1v) is 10.7. The Labute approximate surface area is 190 Å². The van der Waals surface area contributed by atoms with Crippen LogP contribution in [-0.2, 0) is 10.3 Å². The van der Waals surface area contributed by atoms with E-state index in [1.807, 2.05) is 53.4 Å². The van der Waals surface area contributed by atoms with Crippen molar-refractivity contribution in [3.63, 3.8) is 0 Å². The van der Waals surface area contributed by atoms with Gasteiger partial charge in [0.15, 0.2) is 0 Å². The summed E-state index contributed by atoms with van der Waals surface area (Å²) in [6.07, 6.45) is 2.57. The topological polar surface area (TPSA) is 49.8 Å². The van der Waals surface area contributed by atoms with E-state index < -0.39 is 18.1 Å². The second-order valence-corrected chi connectivity index (χ2v) is 8.26. The number of halogens is 3. The van der Waals surface area contributed by atoms with Crippen LogP contribution in [0, 0.1) is 0 Å². The van der Waals surface area contributed by atoms with Gasteiger partial charge in [0.05, 0.1) is 5.54 Å². The zero-order valence-electron chi connectivity index (χ0n) is 17.2. The van der Waals surface area contributed by atoms with Crippen LogP contribution in [-0.4, -0.2) is 24.2 Å². The van der Waals surface area contributed by atoms with Crippen molar-refractivity contribution >= 4 is 23.3 Å². The normalized spacial score (nSPS) is 14.6. The van der Waals surface area contributed by atoms with Crippen molar-refractivity contribution < 1.29 is 23.4 Å². The SMILES string of the molecule is O=C(O)CN(c1ccc(OC(F)F)cc1)C1(c2ccc(-c3cccc(Cl)c3)cc2)CCC1. The van der Waals surface area contributed by atoms with Gasteiger partial charge >= 0.3 is 12.6 Å². The van der Waals surface area contributed by atoms with E-state index in [1.165, 1.54) is 12.1 Å². The maximum atomic E-state index is 12.5. The molecule has 166 valence electrons. The summed E-state index contributed by atoms with van der Waals surface area (Å²) in [5.41, 5.74) is 3.21. The first-order chi connectivity index (χ1) is 15.4. The van der Waals surface area contributed by atoms with Gasteiger partial charge in [-0.2, -0.15) is 8.78 Å².